The van der Waals surface area contributed by atoms with Crippen LogP contribution in [0.5, 0.6) is 0 Å². The predicted octanol–water partition coefficient (Wildman–Crippen LogP) is 5.41. The Morgan fingerprint density at radius 3 is 2.17 bits per heavy atom. The van der Waals surface area contributed by atoms with Crippen molar-refractivity contribution in [1.82, 2.24) is 0 Å². The van der Waals surface area contributed by atoms with E-state index in [2.05, 4.69) is 66.1 Å². The fourth-order valence-electron chi connectivity index (χ4n) is 2.44. The van der Waals surface area contributed by atoms with Crippen molar-refractivity contribution in [3.63, 3.8) is 0 Å². The molecule has 0 aliphatic heterocycles. The Labute approximate surface area is 138 Å². The predicted molar refractivity (Wildman–Crippen MR) is 98.0 cm³/mol. The Bertz CT molecular complexity index is 891. The first-order valence-corrected chi connectivity index (χ1v) is 7.94. The van der Waals surface area contributed by atoms with E-state index < -0.39 is 0 Å². The molecule has 0 unspecified atom stereocenters. The number of rotatable bonds is 2. The second kappa shape index (κ2) is 7.88. The van der Waals surface area contributed by atoms with E-state index in [1.54, 1.807) is 0 Å². The molecule has 0 radical (unpaired) electrons. The first kappa shape index (κ1) is 15.0. The first-order valence-electron chi connectivity index (χ1n) is 7.94. The van der Waals surface area contributed by atoms with Gasteiger partial charge in [-0.25, -0.2) is 0 Å². The topological polar surface area (TPSA) is 0 Å². The summed E-state index contributed by atoms with van der Waals surface area (Å²) in [5.74, 6) is 13.0. The van der Waals surface area contributed by atoms with Crippen LogP contribution in [0.3, 0.4) is 0 Å². The highest BCUT2D eigenvalue weighted by Gasteiger charge is 1.95. The summed E-state index contributed by atoms with van der Waals surface area (Å²) < 4.78 is 0. The van der Waals surface area contributed by atoms with Crippen molar-refractivity contribution >= 4 is 10.8 Å². The van der Waals surface area contributed by atoms with Crippen LogP contribution in [0.4, 0.5) is 0 Å². The van der Waals surface area contributed by atoms with Gasteiger partial charge in [-0.3, -0.25) is 0 Å². The molecule has 0 saturated heterocycles. The van der Waals surface area contributed by atoms with Gasteiger partial charge >= 0.3 is 0 Å². The van der Waals surface area contributed by atoms with Gasteiger partial charge in [-0.2, -0.15) is 0 Å². The fourth-order valence-corrected chi connectivity index (χ4v) is 2.44. The molecular weight excluding hydrogens is 276 g/mol. The Balaban J connectivity index is 1.55. The van der Waals surface area contributed by atoms with E-state index in [4.69, 9.17) is 0 Å². The number of hydrogen-bond donors (Lipinski definition) is 0. The summed E-state index contributed by atoms with van der Waals surface area (Å²) in [5.41, 5.74) is 2.19. The molecule has 0 aliphatic rings. The zero-order valence-corrected chi connectivity index (χ0v) is 13.0. The van der Waals surface area contributed by atoms with Crippen molar-refractivity contribution in [2.24, 2.45) is 0 Å². The summed E-state index contributed by atoms with van der Waals surface area (Å²) in [6.45, 7) is 0. The summed E-state index contributed by atoms with van der Waals surface area (Å²) in [5, 5.41) is 2.47. The summed E-state index contributed by atoms with van der Waals surface area (Å²) in [4.78, 5) is 0. The van der Waals surface area contributed by atoms with Crippen LogP contribution >= 0.6 is 0 Å². The van der Waals surface area contributed by atoms with E-state index in [0.717, 1.165) is 30.4 Å². The summed E-state index contributed by atoms with van der Waals surface area (Å²) >= 11 is 0. The zero-order chi connectivity index (χ0) is 15.7. The zero-order valence-electron chi connectivity index (χ0n) is 13.0. The number of hydrogen-bond acceptors (Lipinski definition) is 0. The molecule has 0 aliphatic carbocycles. The quantitative estimate of drug-likeness (QED) is 0.438. The lowest BCUT2D eigenvalue weighted by Crippen LogP contribution is -1.79. The molecule has 0 N–H and O–H groups in total. The Morgan fingerprint density at radius 2 is 1.30 bits per heavy atom. The molecule has 110 valence electrons. The van der Waals surface area contributed by atoms with Crippen LogP contribution in [0.15, 0.2) is 72.8 Å². The molecule has 0 nitrogen and oxygen atoms in total. The second-order valence-corrected chi connectivity index (χ2v) is 5.35. The number of benzene rings is 3. The van der Waals surface area contributed by atoms with Gasteiger partial charge in [0.15, 0.2) is 0 Å². The molecule has 0 fully saturated rings. The largest absolute Gasteiger partial charge is 0.0979 e. The van der Waals surface area contributed by atoms with E-state index in [1.165, 1.54) is 10.8 Å². The monoisotopic (exact) mass is 294 g/mol. The van der Waals surface area contributed by atoms with Crippen LogP contribution in [0.1, 0.15) is 30.4 Å². The van der Waals surface area contributed by atoms with Gasteiger partial charge in [-0.05, 0) is 35.4 Å². The third-order valence-corrected chi connectivity index (χ3v) is 3.62. The second-order valence-electron chi connectivity index (χ2n) is 5.35. The molecule has 0 amide bonds. The standard InChI is InChI=1S/C23H18/c1(2-5-12-20-13-6-4-7-14-20)3-8-15-21-17-11-18-22-16-9-10-19-23(21)22/h4,6-7,9-11,13-14,16-19H,1-3H2. The van der Waals surface area contributed by atoms with Crippen molar-refractivity contribution < 1.29 is 0 Å². The van der Waals surface area contributed by atoms with Gasteiger partial charge in [0.2, 0.25) is 0 Å². The molecule has 0 aromatic heterocycles. The van der Waals surface area contributed by atoms with E-state index in [1.807, 2.05) is 30.3 Å². The minimum absolute atomic E-state index is 0.882. The van der Waals surface area contributed by atoms with Crippen LogP contribution in [0.25, 0.3) is 10.8 Å². The van der Waals surface area contributed by atoms with Crippen molar-refractivity contribution in [2.45, 2.75) is 19.3 Å². The van der Waals surface area contributed by atoms with Crippen molar-refractivity contribution in [3.05, 3.63) is 83.9 Å². The maximum absolute atomic E-state index is 3.30. The maximum atomic E-state index is 3.30. The minimum Gasteiger partial charge on any atom is -0.0979 e. The van der Waals surface area contributed by atoms with Crippen LogP contribution < -0.4 is 0 Å². The van der Waals surface area contributed by atoms with Crippen LogP contribution in [-0.2, 0) is 0 Å². The molecule has 3 aromatic carbocycles. The Hall–Kier alpha value is -2.96. The Kier molecular flexibility index (Phi) is 5.12. The smallest absolute Gasteiger partial charge is 0.0323 e. The number of unbranched alkanes of at least 4 members (excludes halogenated alkanes) is 2. The SMILES string of the molecule is C(#Cc1ccccc1)CCCC#Cc1cccc2ccccc12. The third-order valence-electron chi connectivity index (χ3n) is 3.62. The van der Waals surface area contributed by atoms with Gasteiger partial charge in [0.1, 0.15) is 0 Å². The molecule has 3 aromatic rings. The normalized spacial score (nSPS) is 9.57. The first-order chi connectivity index (χ1) is 11.4. The van der Waals surface area contributed by atoms with E-state index >= 15 is 0 Å². The van der Waals surface area contributed by atoms with Crippen molar-refractivity contribution in [3.8, 4) is 23.7 Å². The van der Waals surface area contributed by atoms with Crippen LogP contribution in [-0.4, -0.2) is 0 Å². The van der Waals surface area contributed by atoms with Crippen molar-refractivity contribution in [2.75, 3.05) is 0 Å². The molecule has 3 rings (SSSR count). The van der Waals surface area contributed by atoms with Gasteiger partial charge < -0.3 is 0 Å². The average molecular weight is 294 g/mol. The van der Waals surface area contributed by atoms with Gasteiger partial charge in [0.25, 0.3) is 0 Å². The lowest BCUT2D eigenvalue weighted by atomic mass is 10.0. The Morgan fingerprint density at radius 1 is 0.609 bits per heavy atom. The molecule has 0 saturated carbocycles. The molecule has 0 spiro atoms. The van der Waals surface area contributed by atoms with Crippen LogP contribution in [0.2, 0.25) is 0 Å². The number of fused-ring (bicyclic) bond motifs is 1. The molecule has 0 bridgehead atoms. The van der Waals surface area contributed by atoms with Gasteiger partial charge in [0.05, 0.1) is 0 Å². The molecule has 0 heteroatoms. The lowest BCUT2D eigenvalue weighted by Gasteiger charge is -1.99. The van der Waals surface area contributed by atoms with E-state index in [-0.39, 0.29) is 0 Å². The van der Waals surface area contributed by atoms with Crippen LogP contribution in [0, 0.1) is 23.7 Å². The highest BCUT2D eigenvalue weighted by molar-refractivity contribution is 5.88. The van der Waals surface area contributed by atoms with Gasteiger partial charge in [-0.1, -0.05) is 78.3 Å². The van der Waals surface area contributed by atoms with Gasteiger partial charge in [0, 0.05) is 24.0 Å². The maximum Gasteiger partial charge on any atom is 0.0323 e. The molecule has 0 heterocycles. The highest BCUT2D eigenvalue weighted by Crippen LogP contribution is 2.17. The lowest BCUT2D eigenvalue weighted by molar-refractivity contribution is 0.903. The average Bonchev–Trinajstić information content (AvgIpc) is 2.62. The summed E-state index contributed by atoms with van der Waals surface area (Å²) in [7, 11) is 0. The van der Waals surface area contributed by atoms with Gasteiger partial charge in [-0.15, -0.1) is 0 Å². The molecule has 23 heavy (non-hydrogen) atoms. The summed E-state index contributed by atoms with van der Waals surface area (Å²) in [6.07, 6.45) is 2.78. The van der Waals surface area contributed by atoms with E-state index in [9.17, 15) is 0 Å². The van der Waals surface area contributed by atoms with E-state index in [0.29, 0.717) is 0 Å². The molecule has 0 atom stereocenters. The molecular formula is C23H18. The fraction of sp³-hybridized carbons (Fsp3) is 0.130. The third kappa shape index (κ3) is 4.26. The van der Waals surface area contributed by atoms with Crippen molar-refractivity contribution in [1.29, 1.82) is 0 Å². The summed E-state index contributed by atoms with van der Waals surface area (Å²) in [6, 6.07) is 24.8. The minimum atomic E-state index is 0.882. The highest BCUT2D eigenvalue weighted by atomic mass is 14.0.